The molecule has 3 N–H and O–H groups in total. The van der Waals surface area contributed by atoms with Crippen LogP contribution in [0.1, 0.15) is 309 Å². The van der Waals surface area contributed by atoms with Crippen molar-refractivity contribution in [2.24, 2.45) is 0 Å². The molecule has 0 bridgehead atoms. The molecule has 0 aromatic carbocycles. The molecule has 0 saturated carbocycles. The molecule has 0 aromatic heterocycles. The number of likely N-dealkylation sites (N-methyl/N-ethyl adjacent to an activating group) is 1. The summed E-state index contributed by atoms with van der Waals surface area (Å²) in [7, 11) is 1.62. The third-order valence-electron chi connectivity index (χ3n) is 15.3. The van der Waals surface area contributed by atoms with E-state index in [-0.39, 0.29) is 19.1 Å². The Morgan fingerprint density at radius 2 is 0.732 bits per heavy atom. The Kier molecular flexibility index (Phi) is 61.0. The molecule has 0 rings (SSSR count). The van der Waals surface area contributed by atoms with Crippen molar-refractivity contribution in [3.8, 4) is 0 Å². The van der Waals surface area contributed by atoms with Gasteiger partial charge < -0.3 is 19.8 Å². The number of phosphoric ester groups is 1. The lowest BCUT2D eigenvalue weighted by Gasteiger charge is -2.26. The lowest BCUT2D eigenvalue weighted by molar-refractivity contribution is -0.870. The molecule has 0 fully saturated rings. The second-order valence-corrected chi connectivity index (χ2v) is 26.0. The van der Waals surface area contributed by atoms with Crippen LogP contribution in [0.15, 0.2) is 97.2 Å². The SMILES string of the molecule is CC/C=C\C/C=C\C/C=C\C/C=C\C/C=C\C/C=C\C/C=C\C/C=C\CCCCCCCCCCCCCCC(=O)NC(COP(=O)(O)OCC[N+](C)(C)C)C(O)CCCCCCCCCCCCCCCCCCCCCCCCC. The van der Waals surface area contributed by atoms with Crippen LogP contribution in [-0.4, -0.2) is 73.4 Å². The number of aliphatic hydroxyl groups excluding tert-OH is 1. The fraction of sp³-hybridized carbons (Fsp3) is 0.767. The number of hydrogen-bond acceptors (Lipinski definition) is 5. The molecule has 0 aliphatic heterocycles. The normalized spacial score (nSPS) is 14.3. The fourth-order valence-electron chi connectivity index (χ4n) is 10.0. The van der Waals surface area contributed by atoms with Gasteiger partial charge in [-0.05, 0) is 77.0 Å². The van der Waals surface area contributed by atoms with E-state index in [1.54, 1.807) is 0 Å². The van der Waals surface area contributed by atoms with E-state index in [1.807, 2.05) is 21.1 Å². The number of hydrogen-bond donors (Lipinski definition) is 3. The van der Waals surface area contributed by atoms with E-state index >= 15 is 0 Å². The molecule has 8 nitrogen and oxygen atoms in total. The first-order valence-corrected chi connectivity index (χ1v) is 36.1. The van der Waals surface area contributed by atoms with Gasteiger partial charge in [-0.2, -0.15) is 0 Å². The second-order valence-electron chi connectivity index (χ2n) is 24.5. The highest BCUT2D eigenvalue weighted by atomic mass is 31.2. The maximum absolute atomic E-state index is 13.1. The van der Waals surface area contributed by atoms with Crippen molar-refractivity contribution in [1.29, 1.82) is 0 Å². The van der Waals surface area contributed by atoms with E-state index in [0.29, 0.717) is 23.9 Å². The summed E-state index contributed by atoms with van der Waals surface area (Å²) in [4.78, 5) is 23.5. The zero-order chi connectivity index (χ0) is 59.8. The van der Waals surface area contributed by atoms with E-state index in [4.69, 9.17) is 9.05 Å². The van der Waals surface area contributed by atoms with E-state index in [2.05, 4.69) is 116 Å². The fourth-order valence-corrected chi connectivity index (χ4v) is 10.7. The maximum Gasteiger partial charge on any atom is 0.472 e. The third kappa shape index (κ3) is 65.0. The lowest BCUT2D eigenvalue weighted by atomic mass is 10.0. The van der Waals surface area contributed by atoms with Crippen molar-refractivity contribution < 1.29 is 32.9 Å². The molecule has 0 spiro atoms. The Balaban J connectivity index is 4.07. The topological polar surface area (TPSA) is 105 Å². The molecule has 0 radical (unpaired) electrons. The van der Waals surface area contributed by atoms with Crippen molar-refractivity contribution in [1.82, 2.24) is 5.32 Å². The zero-order valence-electron chi connectivity index (χ0n) is 54.5. The van der Waals surface area contributed by atoms with Gasteiger partial charge in [-0.3, -0.25) is 13.8 Å². The summed E-state index contributed by atoms with van der Waals surface area (Å²) >= 11 is 0. The molecule has 0 saturated heterocycles. The van der Waals surface area contributed by atoms with Crippen molar-refractivity contribution >= 4 is 13.7 Å². The summed E-state index contributed by atoms with van der Waals surface area (Å²) in [6, 6.07) is -0.768. The molecule has 1 amide bonds. The first kappa shape index (κ1) is 79.4. The number of unbranched alkanes of at least 4 members (excludes halogenated alkanes) is 34. The van der Waals surface area contributed by atoms with Gasteiger partial charge in [-0.1, -0.05) is 323 Å². The van der Waals surface area contributed by atoms with Gasteiger partial charge in [0.25, 0.3) is 0 Å². The molecule has 476 valence electrons. The van der Waals surface area contributed by atoms with Crippen LogP contribution in [0.5, 0.6) is 0 Å². The predicted octanol–water partition coefficient (Wildman–Crippen LogP) is 22.1. The molecule has 0 aliphatic carbocycles. The Labute approximate surface area is 509 Å². The molecule has 9 heteroatoms. The minimum atomic E-state index is -4.33. The average Bonchev–Trinajstić information content (AvgIpc) is 3.47. The number of quaternary nitrogens is 1. The number of allylic oxidation sites excluding steroid dienone is 16. The minimum absolute atomic E-state index is 0.0716. The van der Waals surface area contributed by atoms with Crippen LogP contribution in [0.25, 0.3) is 0 Å². The molecule has 0 aromatic rings. The van der Waals surface area contributed by atoms with E-state index in [1.165, 1.54) is 193 Å². The van der Waals surface area contributed by atoms with Crippen LogP contribution in [0, 0.1) is 0 Å². The van der Waals surface area contributed by atoms with Crippen LogP contribution in [0.2, 0.25) is 0 Å². The highest BCUT2D eigenvalue weighted by Gasteiger charge is 2.28. The summed E-state index contributed by atoms with van der Waals surface area (Å²) in [6.07, 6.45) is 90.7. The molecule has 3 unspecified atom stereocenters. The highest BCUT2D eigenvalue weighted by molar-refractivity contribution is 7.47. The zero-order valence-corrected chi connectivity index (χ0v) is 55.4. The molecule has 0 heterocycles. The molecular weight excluding hydrogens is 1030 g/mol. The van der Waals surface area contributed by atoms with Crippen LogP contribution in [-0.2, 0) is 18.4 Å². The molecule has 0 aliphatic rings. The van der Waals surface area contributed by atoms with Crippen molar-refractivity contribution in [2.75, 3.05) is 40.9 Å². The van der Waals surface area contributed by atoms with Crippen LogP contribution in [0.4, 0.5) is 0 Å². The Morgan fingerprint density at radius 3 is 1.07 bits per heavy atom. The van der Waals surface area contributed by atoms with Gasteiger partial charge in [-0.15, -0.1) is 0 Å². The first-order valence-electron chi connectivity index (χ1n) is 34.6. The minimum Gasteiger partial charge on any atom is -0.391 e. The lowest BCUT2D eigenvalue weighted by Crippen LogP contribution is -2.46. The molecule has 3 atom stereocenters. The summed E-state index contributed by atoms with van der Waals surface area (Å²) in [5, 5.41) is 14.1. The smallest absolute Gasteiger partial charge is 0.391 e. The number of nitrogens with zero attached hydrogens (tertiary/aromatic N) is 1. The number of nitrogens with one attached hydrogen (secondary N) is 1. The monoisotopic (exact) mass is 1170 g/mol. The highest BCUT2D eigenvalue weighted by Crippen LogP contribution is 2.43. The summed E-state index contributed by atoms with van der Waals surface area (Å²) in [6.45, 7) is 4.80. The number of amides is 1. The average molecular weight is 1170 g/mol. The van der Waals surface area contributed by atoms with E-state index < -0.39 is 20.0 Å². The molecular formula is C73H134N2O6P+. The number of rotatable bonds is 63. The van der Waals surface area contributed by atoms with Gasteiger partial charge in [0, 0.05) is 6.42 Å². The van der Waals surface area contributed by atoms with Gasteiger partial charge in [0.2, 0.25) is 5.91 Å². The Hall–Kier alpha value is -2.58. The second kappa shape index (κ2) is 62.9. The van der Waals surface area contributed by atoms with Gasteiger partial charge >= 0.3 is 7.82 Å². The van der Waals surface area contributed by atoms with Gasteiger partial charge in [0.15, 0.2) is 0 Å². The van der Waals surface area contributed by atoms with Crippen molar-refractivity contribution in [3.05, 3.63) is 97.2 Å². The largest absolute Gasteiger partial charge is 0.472 e. The van der Waals surface area contributed by atoms with E-state index in [9.17, 15) is 19.4 Å². The third-order valence-corrected chi connectivity index (χ3v) is 16.3. The van der Waals surface area contributed by atoms with Gasteiger partial charge in [-0.25, -0.2) is 4.57 Å². The van der Waals surface area contributed by atoms with E-state index in [0.717, 1.165) is 89.9 Å². The Bertz CT molecular complexity index is 1660. The van der Waals surface area contributed by atoms with Gasteiger partial charge in [0.05, 0.1) is 39.9 Å². The first-order chi connectivity index (χ1) is 40.0. The number of phosphoric acid groups is 1. The van der Waals surface area contributed by atoms with Crippen molar-refractivity contribution in [3.63, 3.8) is 0 Å². The number of carbonyl (C=O) groups is 1. The maximum atomic E-state index is 13.1. The summed E-state index contributed by atoms with van der Waals surface area (Å²) in [5.41, 5.74) is 0. The quantitative estimate of drug-likeness (QED) is 0.0243. The number of aliphatic hydroxyl groups is 1. The molecule has 82 heavy (non-hydrogen) atoms. The predicted molar refractivity (Wildman–Crippen MR) is 359 cm³/mol. The van der Waals surface area contributed by atoms with Gasteiger partial charge in [0.1, 0.15) is 13.2 Å². The van der Waals surface area contributed by atoms with Crippen LogP contribution < -0.4 is 5.32 Å². The summed E-state index contributed by atoms with van der Waals surface area (Å²) in [5.74, 6) is -0.146. The summed E-state index contributed by atoms with van der Waals surface area (Å²) < 4.78 is 23.9. The van der Waals surface area contributed by atoms with Crippen LogP contribution in [0.3, 0.4) is 0 Å². The van der Waals surface area contributed by atoms with Crippen LogP contribution >= 0.6 is 7.82 Å². The standard InChI is InChI=1S/C73H133N2O6P/c1-6-8-10-12-14-16-18-20-22-24-26-28-30-31-32-33-34-35-36-37-38-39-40-41-42-43-45-47-49-51-53-55-57-59-61-63-65-67-73(77)74-71(70-81-82(78,79)80-69-68-75(3,4)5)72(76)66-64-62-60-58-56-54-52-50-48-46-44-29-27-25-23-21-19-17-15-13-11-9-7-2/h8,10,14,16,20,22,26,28,31-32,34-35,37-38,40-41,71-72,76H,6-7,9,11-13,15,17-19,21,23-25,27,29-30,33,36,39,42-70H2,1-5H3,(H-,74,77,78,79)/p+1/b10-8-,16-14-,22-20-,28-26-,32-31-,35-34-,38-37-,41-40-. The number of carbonyl (C=O) groups excluding carboxylic acids is 1. The van der Waals surface area contributed by atoms with Crippen molar-refractivity contribution in [2.45, 2.75) is 321 Å². The Morgan fingerprint density at radius 1 is 0.427 bits per heavy atom.